The lowest BCUT2D eigenvalue weighted by molar-refractivity contribution is 0.669. The molecule has 0 radical (unpaired) electrons. The van der Waals surface area contributed by atoms with Gasteiger partial charge in [0, 0.05) is 10.8 Å². The fraction of sp³-hybridized carbons (Fsp3) is 0. The largest absolute Gasteiger partial charge is 0.456 e. The summed E-state index contributed by atoms with van der Waals surface area (Å²) >= 11 is 0. The van der Waals surface area contributed by atoms with Crippen LogP contribution in [0.2, 0.25) is 0 Å². The first kappa shape index (κ1) is 14.7. The van der Waals surface area contributed by atoms with Crippen LogP contribution in [0.4, 0.5) is 0 Å². The Morgan fingerprint density at radius 1 is 0.436 bits per heavy atom. The highest BCUT2D eigenvalue weighted by Crippen LogP contribution is 2.46. The van der Waals surface area contributed by atoms with Gasteiger partial charge in [-0.2, -0.15) is 0 Å². The van der Waals surface area contributed by atoms with Gasteiger partial charge in [0.15, 0.2) is 0 Å². The van der Waals surface area contributed by atoms with E-state index in [2.05, 4.69) is 0 Å². The van der Waals surface area contributed by atoms with Crippen molar-refractivity contribution < 1.29 is 16.8 Å². The molecule has 0 aliphatic heterocycles. The Bertz CT molecular complexity index is 2630. The van der Waals surface area contributed by atoms with E-state index >= 15 is 0 Å². The fourth-order valence-electron chi connectivity index (χ4n) is 5.63. The van der Waals surface area contributed by atoms with Crippen LogP contribution in [-0.4, -0.2) is 0 Å². The molecule has 0 atom stereocenters. The van der Waals surface area contributed by atoms with Gasteiger partial charge >= 0.3 is 0 Å². The molecule has 0 spiro atoms. The molecule has 1 heterocycles. The van der Waals surface area contributed by atoms with E-state index < -0.39 is 42.3 Å². The second-order valence-electron chi connectivity index (χ2n) is 9.40. The maximum atomic E-state index is 9.22. The second-order valence-corrected chi connectivity index (χ2v) is 9.40. The molecule has 0 N–H and O–H groups in total. The molecule has 7 aromatic carbocycles. The Labute approximate surface area is 239 Å². The summed E-state index contributed by atoms with van der Waals surface area (Å²) in [6, 6.07) is 24.6. The second kappa shape index (κ2) is 8.72. The summed E-state index contributed by atoms with van der Waals surface area (Å²) in [6.07, 6.45) is 0. The molecule has 1 aromatic heterocycles. The van der Waals surface area contributed by atoms with Crippen molar-refractivity contribution in [1.29, 1.82) is 0 Å². The van der Waals surface area contributed by atoms with Crippen molar-refractivity contribution in [2.75, 3.05) is 0 Å². The van der Waals surface area contributed by atoms with Crippen LogP contribution in [0.5, 0.6) is 0 Å². The lowest BCUT2D eigenvalue weighted by atomic mass is 9.85. The molecule has 8 aromatic rings. The topological polar surface area (TPSA) is 13.1 Å². The zero-order valence-electron chi connectivity index (χ0n) is 29.6. The van der Waals surface area contributed by atoms with Crippen LogP contribution in [0.25, 0.3) is 76.9 Å². The molecule has 0 aliphatic rings. The van der Waals surface area contributed by atoms with Crippen LogP contribution in [-0.2, 0) is 0 Å². The summed E-state index contributed by atoms with van der Waals surface area (Å²) in [5, 5.41) is 2.93. The maximum absolute atomic E-state index is 9.22. The van der Waals surface area contributed by atoms with Crippen molar-refractivity contribution in [3.8, 4) is 33.4 Å². The zero-order chi connectivity index (χ0) is 33.6. The van der Waals surface area contributed by atoms with Crippen LogP contribution in [0.15, 0.2) is 150 Å². The summed E-state index contributed by atoms with van der Waals surface area (Å²) in [5.74, 6) is 0. The molecule has 1 heteroatoms. The van der Waals surface area contributed by atoms with Crippen molar-refractivity contribution in [2.45, 2.75) is 0 Å². The number of furan rings is 1. The van der Waals surface area contributed by atoms with Gasteiger partial charge in [-0.1, -0.05) is 127 Å². The highest BCUT2D eigenvalue weighted by Gasteiger charge is 2.20. The minimum Gasteiger partial charge on any atom is -0.456 e. The van der Waals surface area contributed by atoms with Crippen LogP contribution in [0.3, 0.4) is 0 Å². The molecule has 0 fully saturated rings. The van der Waals surface area contributed by atoms with E-state index in [1.807, 2.05) is 78.9 Å². The van der Waals surface area contributed by atoms with Crippen molar-refractivity contribution in [2.24, 2.45) is 0 Å². The summed E-state index contributed by atoms with van der Waals surface area (Å²) in [5.41, 5.74) is 4.52. The minimum absolute atomic E-state index is 0.0735. The minimum atomic E-state index is -0.546. The molecule has 182 valence electrons. The molecule has 0 bridgehead atoms. The first-order chi connectivity index (χ1) is 23.1. The van der Waals surface area contributed by atoms with E-state index in [9.17, 15) is 1.37 Å². The van der Waals surface area contributed by atoms with E-state index in [0.717, 1.165) is 21.9 Å². The number of hydrogen-bond acceptors (Lipinski definition) is 1. The molecule has 0 aliphatic carbocycles. The summed E-state index contributed by atoms with van der Waals surface area (Å²) in [4.78, 5) is 0. The predicted molar refractivity (Wildman–Crippen MR) is 165 cm³/mol. The molecule has 0 saturated heterocycles. The average Bonchev–Trinajstić information content (AvgIpc) is 3.49. The van der Waals surface area contributed by atoms with Crippen LogP contribution < -0.4 is 0 Å². The van der Waals surface area contributed by atoms with Crippen LogP contribution >= 0.6 is 0 Å². The van der Waals surface area contributed by atoms with Crippen LogP contribution in [0.1, 0.15) is 12.3 Å². The third-order valence-electron chi connectivity index (χ3n) is 7.28. The van der Waals surface area contributed by atoms with Crippen LogP contribution in [0, 0.1) is 0 Å². The first-order valence-electron chi connectivity index (χ1n) is 17.1. The van der Waals surface area contributed by atoms with Gasteiger partial charge in [-0.05, 0) is 73.1 Å². The van der Waals surface area contributed by atoms with Gasteiger partial charge in [0.1, 0.15) is 11.2 Å². The number of rotatable bonds is 3. The molecule has 1 nitrogen and oxygen atoms in total. The third kappa shape index (κ3) is 3.41. The number of benzene rings is 7. The predicted octanol–water partition coefficient (Wildman–Crippen LogP) is 10.9. The van der Waals surface area contributed by atoms with Gasteiger partial charge in [0.25, 0.3) is 0 Å². The van der Waals surface area contributed by atoms with Gasteiger partial charge in [0.05, 0.1) is 12.3 Å². The van der Waals surface area contributed by atoms with Crippen molar-refractivity contribution in [3.05, 3.63) is 145 Å². The van der Waals surface area contributed by atoms with Gasteiger partial charge in [0.2, 0.25) is 0 Å². The Morgan fingerprint density at radius 2 is 1.13 bits per heavy atom. The summed E-state index contributed by atoms with van der Waals surface area (Å²) in [6.45, 7) is 0. The Hall–Kier alpha value is -5.14. The normalized spacial score (nSPS) is 14.8. The standard InChI is InChI=1S/C38H24O/c1-3-12-25(13-4-1)27-22-23-32-35(24-27)39-34-21-11-20-33(38(32)34)37-30-18-9-7-16-28(30)36(26-14-5-2-6-15-26)29-17-8-10-19-31(29)37/h1-24H/i2D,5D,6D,7D,9D,14D,15D,16D,18D. The van der Waals surface area contributed by atoms with Gasteiger partial charge < -0.3 is 4.42 Å². The summed E-state index contributed by atoms with van der Waals surface area (Å²) < 4.78 is 84.7. The number of fused-ring (bicyclic) bond motifs is 5. The first-order valence-corrected chi connectivity index (χ1v) is 12.6. The SMILES string of the molecule is [2H]c1c([2H])c([2H])c(-c2c3ccccc3c(-c3cccc4oc5cc(-c6ccccc6)ccc5c34)c3c([2H])c([2H])c([2H])c([2H])c23)c([2H])c1[2H]. The monoisotopic (exact) mass is 505 g/mol. The maximum Gasteiger partial charge on any atom is 0.136 e. The van der Waals surface area contributed by atoms with E-state index in [1.54, 1.807) is 12.1 Å². The molecular weight excluding hydrogens is 472 g/mol. The molecule has 8 rings (SSSR count). The lowest BCUT2D eigenvalue weighted by Gasteiger charge is -2.18. The van der Waals surface area contributed by atoms with E-state index in [-0.39, 0.29) is 34.0 Å². The van der Waals surface area contributed by atoms with Crippen molar-refractivity contribution in [3.63, 3.8) is 0 Å². The molecule has 0 unspecified atom stereocenters. The Kier molecular flexibility index (Phi) is 3.29. The third-order valence-corrected chi connectivity index (χ3v) is 7.28. The van der Waals surface area contributed by atoms with Gasteiger partial charge in [-0.3, -0.25) is 0 Å². The highest BCUT2D eigenvalue weighted by molar-refractivity contribution is 6.25. The Balaban J connectivity index is 1.57. The molecule has 39 heavy (non-hydrogen) atoms. The average molecular weight is 506 g/mol. The smallest absolute Gasteiger partial charge is 0.136 e. The number of hydrogen-bond donors (Lipinski definition) is 0. The molecule has 0 saturated carbocycles. The fourth-order valence-corrected chi connectivity index (χ4v) is 5.63. The zero-order valence-corrected chi connectivity index (χ0v) is 20.6. The van der Waals surface area contributed by atoms with Crippen molar-refractivity contribution in [1.82, 2.24) is 0 Å². The summed E-state index contributed by atoms with van der Waals surface area (Å²) in [7, 11) is 0. The van der Waals surface area contributed by atoms with E-state index in [0.29, 0.717) is 33.1 Å². The van der Waals surface area contributed by atoms with Gasteiger partial charge in [-0.15, -0.1) is 0 Å². The van der Waals surface area contributed by atoms with Gasteiger partial charge in [-0.25, -0.2) is 0 Å². The van der Waals surface area contributed by atoms with E-state index in [1.165, 1.54) is 0 Å². The Morgan fingerprint density at radius 3 is 1.92 bits per heavy atom. The van der Waals surface area contributed by atoms with Crippen molar-refractivity contribution >= 4 is 43.5 Å². The molecule has 0 amide bonds. The lowest BCUT2D eigenvalue weighted by Crippen LogP contribution is -1.91. The van der Waals surface area contributed by atoms with E-state index in [4.69, 9.17) is 15.4 Å². The highest BCUT2D eigenvalue weighted by atomic mass is 16.3. The quantitative estimate of drug-likeness (QED) is 0.218. The molecular formula is C38H24O.